The third-order valence-corrected chi connectivity index (χ3v) is 4.91. The molecule has 16 heavy (non-hydrogen) atoms. The molecule has 1 atom stereocenters. The summed E-state index contributed by atoms with van der Waals surface area (Å²) in [5.41, 5.74) is 0. The maximum absolute atomic E-state index is 8.87. The molecule has 0 radical (unpaired) electrons. The number of nitrogens with zero attached hydrogens (tertiary/aromatic N) is 1. The first-order chi connectivity index (χ1) is 7.88. The van der Waals surface area contributed by atoms with Crippen LogP contribution < -0.4 is 5.32 Å². The fourth-order valence-electron chi connectivity index (χ4n) is 2.58. The maximum atomic E-state index is 8.87. The topological polar surface area (TPSA) is 35.5 Å². The highest BCUT2D eigenvalue weighted by Gasteiger charge is 2.21. The molecule has 0 aliphatic carbocycles. The van der Waals surface area contributed by atoms with E-state index in [4.69, 9.17) is 5.11 Å². The smallest absolute Gasteiger partial charge is 0.0558 e. The van der Waals surface area contributed by atoms with Crippen LogP contribution in [0.25, 0.3) is 0 Å². The summed E-state index contributed by atoms with van der Waals surface area (Å²) in [5, 5.41) is 12.6. The van der Waals surface area contributed by atoms with Gasteiger partial charge in [-0.1, -0.05) is 0 Å². The van der Waals surface area contributed by atoms with E-state index >= 15 is 0 Å². The van der Waals surface area contributed by atoms with Gasteiger partial charge in [-0.2, -0.15) is 11.8 Å². The number of piperidine rings is 1. The number of nitrogens with one attached hydrogen (secondary N) is 1. The molecule has 0 saturated carbocycles. The van der Waals surface area contributed by atoms with E-state index < -0.39 is 0 Å². The van der Waals surface area contributed by atoms with E-state index in [9.17, 15) is 0 Å². The minimum Gasteiger partial charge on any atom is -0.395 e. The minimum atomic E-state index is 0.308. The standard InChI is InChI=1S/C12H24N2OS/c15-7-6-14-4-1-11(2-5-14)9-13-12-3-8-16-10-12/h11-13,15H,1-10H2. The van der Waals surface area contributed by atoms with Gasteiger partial charge in [-0.3, -0.25) is 0 Å². The average molecular weight is 244 g/mol. The van der Waals surface area contributed by atoms with Gasteiger partial charge in [-0.25, -0.2) is 0 Å². The Labute approximate surface area is 103 Å². The van der Waals surface area contributed by atoms with Crippen molar-refractivity contribution in [1.82, 2.24) is 10.2 Å². The number of hydrogen-bond acceptors (Lipinski definition) is 4. The van der Waals surface area contributed by atoms with Gasteiger partial charge in [0.2, 0.25) is 0 Å². The molecule has 2 fully saturated rings. The summed E-state index contributed by atoms with van der Waals surface area (Å²) < 4.78 is 0. The van der Waals surface area contributed by atoms with Crippen LogP contribution in [0.15, 0.2) is 0 Å². The van der Waals surface area contributed by atoms with Crippen LogP contribution in [0.5, 0.6) is 0 Å². The van der Waals surface area contributed by atoms with E-state index in [1.165, 1.54) is 50.4 Å². The largest absolute Gasteiger partial charge is 0.395 e. The van der Waals surface area contributed by atoms with Crippen LogP contribution in [0.4, 0.5) is 0 Å². The van der Waals surface area contributed by atoms with Gasteiger partial charge in [-0.15, -0.1) is 0 Å². The molecular weight excluding hydrogens is 220 g/mol. The zero-order valence-corrected chi connectivity index (χ0v) is 10.8. The summed E-state index contributed by atoms with van der Waals surface area (Å²) in [4.78, 5) is 2.38. The zero-order valence-electron chi connectivity index (χ0n) is 10.0. The van der Waals surface area contributed by atoms with Gasteiger partial charge in [0.25, 0.3) is 0 Å². The number of thioether (sulfide) groups is 1. The average Bonchev–Trinajstić information content (AvgIpc) is 2.82. The van der Waals surface area contributed by atoms with E-state index in [0.717, 1.165) is 18.5 Å². The highest BCUT2D eigenvalue weighted by Crippen LogP contribution is 2.19. The van der Waals surface area contributed by atoms with Gasteiger partial charge in [0.15, 0.2) is 0 Å². The first-order valence-electron chi connectivity index (χ1n) is 6.53. The Kier molecular flexibility index (Phi) is 5.42. The summed E-state index contributed by atoms with van der Waals surface area (Å²) in [6.07, 6.45) is 3.95. The van der Waals surface area contributed by atoms with Crippen LogP contribution in [0, 0.1) is 5.92 Å². The first-order valence-corrected chi connectivity index (χ1v) is 7.68. The summed E-state index contributed by atoms with van der Waals surface area (Å²) in [5.74, 6) is 3.51. The summed E-state index contributed by atoms with van der Waals surface area (Å²) in [6.45, 7) is 4.72. The molecular formula is C12H24N2OS. The van der Waals surface area contributed by atoms with Gasteiger partial charge in [0.1, 0.15) is 0 Å². The van der Waals surface area contributed by atoms with Crippen LogP contribution >= 0.6 is 11.8 Å². The SMILES string of the molecule is OCCN1CCC(CNC2CCSC2)CC1. The van der Waals surface area contributed by atoms with Gasteiger partial charge in [0.05, 0.1) is 6.61 Å². The third-order valence-electron chi connectivity index (χ3n) is 3.75. The highest BCUT2D eigenvalue weighted by atomic mass is 32.2. The van der Waals surface area contributed by atoms with Crippen LogP contribution in [-0.4, -0.2) is 60.3 Å². The van der Waals surface area contributed by atoms with Crippen LogP contribution in [0.1, 0.15) is 19.3 Å². The number of likely N-dealkylation sites (tertiary alicyclic amines) is 1. The van der Waals surface area contributed by atoms with Crippen LogP contribution in [0.3, 0.4) is 0 Å². The number of rotatable bonds is 5. The summed E-state index contributed by atoms with van der Waals surface area (Å²) >= 11 is 2.08. The van der Waals surface area contributed by atoms with Crippen molar-refractivity contribution >= 4 is 11.8 Å². The first kappa shape index (κ1) is 12.7. The van der Waals surface area contributed by atoms with Crippen LogP contribution in [-0.2, 0) is 0 Å². The number of aliphatic hydroxyl groups excluding tert-OH is 1. The highest BCUT2D eigenvalue weighted by molar-refractivity contribution is 7.99. The van der Waals surface area contributed by atoms with Crippen molar-refractivity contribution in [2.24, 2.45) is 5.92 Å². The molecule has 4 heteroatoms. The molecule has 2 heterocycles. The summed E-state index contributed by atoms with van der Waals surface area (Å²) in [6, 6.07) is 0.778. The number of β-amino-alcohol motifs (C(OH)–C–C–N with tert-alkyl or cyclic N) is 1. The molecule has 0 aromatic rings. The molecule has 0 amide bonds. The van der Waals surface area contributed by atoms with Gasteiger partial charge >= 0.3 is 0 Å². The predicted molar refractivity (Wildman–Crippen MR) is 70.0 cm³/mol. The fraction of sp³-hybridized carbons (Fsp3) is 1.00. The third kappa shape index (κ3) is 3.91. The second kappa shape index (κ2) is 6.84. The molecule has 2 N–H and O–H groups in total. The minimum absolute atomic E-state index is 0.308. The van der Waals surface area contributed by atoms with E-state index in [1.807, 2.05) is 0 Å². The number of hydrogen-bond donors (Lipinski definition) is 2. The van der Waals surface area contributed by atoms with Crippen molar-refractivity contribution in [3.63, 3.8) is 0 Å². The van der Waals surface area contributed by atoms with Crippen molar-refractivity contribution in [3.05, 3.63) is 0 Å². The molecule has 0 spiro atoms. The molecule has 2 saturated heterocycles. The second-order valence-electron chi connectivity index (χ2n) is 4.98. The van der Waals surface area contributed by atoms with Crippen molar-refractivity contribution in [2.75, 3.05) is 44.3 Å². The molecule has 2 rings (SSSR count). The van der Waals surface area contributed by atoms with Crippen molar-refractivity contribution < 1.29 is 5.11 Å². The Bertz CT molecular complexity index is 189. The normalized spacial score (nSPS) is 28.7. The van der Waals surface area contributed by atoms with E-state index in [2.05, 4.69) is 22.0 Å². The van der Waals surface area contributed by atoms with Crippen LogP contribution in [0.2, 0.25) is 0 Å². The molecule has 1 unspecified atom stereocenters. The molecule has 2 aliphatic rings. The lowest BCUT2D eigenvalue weighted by Crippen LogP contribution is -2.40. The lowest BCUT2D eigenvalue weighted by atomic mass is 9.96. The van der Waals surface area contributed by atoms with E-state index in [1.54, 1.807) is 0 Å². The second-order valence-corrected chi connectivity index (χ2v) is 6.13. The Balaban J connectivity index is 1.57. The maximum Gasteiger partial charge on any atom is 0.0558 e. The zero-order chi connectivity index (χ0) is 11.2. The lowest BCUT2D eigenvalue weighted by Gasteiger charge is -2.32. The predicted octanol–water partition coefficient (Wildman–Crippen LogP) is 0.786. The van der Waals surface area contributed by atoms with Gasteiger partial charge in [-0.05, 0) is 50.6 Å². The quantitative estimate of drug-likeness (QED) is 0.749. The van der Waals surface area contributed by atoms with Crippen molar-refractivity contribution in [1.29, 1.82) is 0 Å². The Morgan fingerprint density at radius 3 is 2.69 bits per heavy atom. The Morgan fingerprint density at radius 2 is 2.06 bits per heavy atom. The van der Waals surface area contributed by atoms with Crippen molar-refractivity contribution in [3.8, 4) is 0 Å². The lowest BCUT2D eigenvalue weighted by molar-refractivity contribution is 0.146. The van der Waals surface area contributed by atoms with E-state index in [0.29, 0.717) is 6.61 Å². The van der Waals surface area contributed by atoms with Crippen molar-refractivity contribution in [2.45, 2.75) is 25.3 Å². The molecule has 3 nitrogen and oxygen atoms in total. The molecule has 0 bridgehead atoms. The Hall–Kier alpha value is 0.230. The monoisotopic (exact) mass is 244 g/mol. The van der Waals surface area contributed by atoms with Gasteiger partial charge < -0.3 is 15.3 Å². The fourth-order valence-corrected chi connectivity index (χ4v) is 3.77. The molecule has 2 aliphatic heterocycles. The molecule has 94 valence electrons. The number of aliphatic hydroxyl groups is 1. The Morgan fingerprint density at radius 1 is 1.25 bits per heavy atom. The van der Waals surface area contributed by atoms with E-state index in [-0.39, 0.29) is 0 Å². The summed E-state index contributed by atoms with van der Waals surface area (Å²) in [7, 11) is 0. The molecule has 0 aromatic carbocycles. The molecule has 0 aromatic heterocycles. The van der Waals surface area contributed by atoms with Gasteiger partial charge in [0, 0.05) is 18.3 Å².